The van der Waals surface area contributed by atoms with Gasteiger partial charge in [0, 0.05) is 49.2 Å². The number of nitrogens with two attached hydrogens (primary N) is 1. The van der Waals surface area contributed by atoms with Crippen LogP contribution in [0.4, 0.5) is 0 Å². The van der Waals surface area contributed by atoms with Crippen LogP contribution in [0.25, 0.3) is 0 Å². The Hall–Kier alpha value is -1.92. The molecular formula is C31H43ClN2O3. The fourth-order valence-electron chi connectivity index (χ4n) is 6.25. The number of halogens is 1. The summed E-state index contributed by atoms with van der Waals surface area (Å²) in [6.45, 7) is 3.83. The Morgan fingerprint density at radius 1 is 1.16 bits per heavy atom. The minimum absolute atomic E-state index is 0.122. The van der Waals surface area contributed by atoms with E-state index in [1.165, 1.54) is 11.1 Å². The standard InChI is InChI=1S/C31H43ClN2O3/c1-22-9-3-4-12-24(22)20-27-28(13-7-14-29(27)32)31(36,37-2)17-6-5-10-23-11-8-18-34(21-23)30(35)25-15-16-26(33)19-25/h3-4,7,9,12-14,23,25-26,36H,5-6,8,10-11,15-21,33H2,1-2H3. The van der Waals surface area contributed by atoms with Crippen LogP contribution in [0, 0.1) is 18.8 Å². The van der Waals surface area contributed by atoms with Gasteiger partial charge in [-0.2, -0.15) is 0 Å². The molecule has 3 N–H and O–H groups in total. The van der Waals surface area contributed by atoms with Gasteiger partial charge >= 0.3 is 0 Å². The monoisotopic (exact) mass is 526 g/mol. The topological polar surface area (TPSA) is 75.8 Å². The first-order valence-corrected chi connectivity index (χ1v) is 14.3. The number of hydrogen-bond donors (Lipinski definition) is 2. The van der Waals surface area contributed by atoms with Gasteiger partial charge in [-0.1, -0.05) is 54.4 Å². The SMILES string of the molecule is COC(O)(CCCCC1CCCN(C(=O)C2CCC(N)C2)C1)c1cccc(Cl)c1Cc1ccccc1C. The number of nitrogens with zero attached hydrogens (tertiary/aromatic N) is 1. The molecule has 37 heavy (non-hydrogen) atoms. The van der Waals surface area contributed by atoms with Gasteiger partial charge in [0.05, 0.1) is 0 Å². The lowest BCUT2D eigenvalue weighted by Gasteiger charge is -2.35. The van der Waals surface area contributed by atoms with E-state index >= 15 is 0 Å². The zero-order chi connectivity index (χ0) is 26.4. The highest BCUT2D eigenvalue weighted by molar-refractivity contribution is 6.31. The first kappa shape index (κ1) is 28.1. The Morgan fingerprint density at radius 2 is 1.97 bits per heavy atom. The number of likely N-dealkylation sites (tertiary alicyclic amines) is 1. The van der Waals surface area contributed by atoms with Gasteiger partial charge in [0.2, 0.25) is 5.91 Å². The van der Waals surface area contributed by atoms with E-state index in [0.717, 1.165) is 75.6 Å². The minimum atomic E-state index is -1.39. The molecule has 0 bridgehead atoms. The molecule has 0 radical (unpaired) electrons. The second kappa shape index (κ2) is 12.8. The van der Waals surface area contributed by atoms with Crippen LogP contribution >= 0.6 is 11.6 Å². The largest absolute Gasteiger partial charge is 0.362 e. The number of benzene rings is 2. The zero-order valence-electron chi connectivity index (χ0n) is 22.4. The number of methoxy groups -OCH3 is 1. The fraction of sp³-hybridized carbons (Fsp3) is 0.581. The fourth-order valence-corrected chi connectivity index (χ4v) is 6.49. The molecule has 0 spiro atoms. The number of piperidine rings is 1. The van der Waals surface area contributed by atoms with E-state index in [2.05, 4.69) is 24.0 Å². The maximum atomic E-state index is 13.0. The van der Waals surface area contributed by atoms with Gasteiger partial charge < -0.3 is 20.5 Å². The lowest BCUT2D eigenvalue weighted by atomic mass is 9.88. The van der Waals surface area contributed by atoms with Crippen LogP contribution in [0.3, 0.4) is 0 Å². The Morgan fingerprint density at radius 3 is 2.70 bits per heavy atom. The van der Waals surface area contributed by atoms with Gasteiger partial charge in [0.1, 0.15) is 0 Å². The first-order chi connectivity index (χ1) is 17.8. The molecule has 2 aromatic rings. The predicted molar refractivity (Wildman–Crippen MR) is 149 cm³/mol. The van der Waals surface area contributed by atoms with Crippen molar-refractivity contribution in [1.29, 1.82) is 0 Å². The summed E-state index contributed by atoms with van der Waals surface area (Å²) < 4.78 is 5.73. The molecule has 5 nitrogen and oxygen atoms in total. The predicted octanol–water partition coefficient (Wildman–Crippen LogP) is 5.96. The molecule has 4 atom stereocenters. The molecule has 4 rings (SSSR count). The maximum absolute atomic E-state index is 13.0. The summed E-state index contributed by atoms with van der Waals surface area (Å²) in [5.74, 6) is -0.435. The summed E-state index contributed by atoms with van der Waals surface area (Å²) in [6.07, 6.45) is 9.00. The second-order valence-electron chi connectivity index (χ2n) is 11.2. The van der Waals surface area contributed by atoms with Crippen LogP contribution in [0.1, 0.15) is 80.0 Å². The molecule has 202 valence electrons. The van der Waals surface area contributed by atoms with Crippen molar-refractivity contribution in [3.63, 3.8) is 0 Å². The summed E-state index contributed by atoms with van der Waals surface area (Å²) in [5.41, 5.74) is 10.1. The zero-order valence-corrected chi connectivity index (χ0v) is 23.2. The third kappa shape index (κ3) is 6.94. The number of aliphatic hydroxyl groups is 1. The van der Waals surface area contributed by atoms with Crippen LogP contribution < -0.4 is 5.73 Å². The van der Waals surface area contributed by atoms with Crippen molar-refractivity contribution in [3.8, 4) is 0 Å². The maximum Gasteiger partial charge on any atom is 0.225 e. The highest BCUT2D eigenvalue weighted by atomic mass is 35.5. The van der Waals surface area contributed by atoms with E-state index in [0.29, 0.717) is 29.7 Å². The molecule has 1 saturated carbocycles. The van der Waals surface area contributed by atoms with Crippen molar-refractivity contribution in [3.05, 3.63) is 69.7 Å². The number of unbranched alkanes of at least 4 members (excludes halogenated alkanes) is 1. The molecule has 2 fully saturated rings. The van der Waals surface area contributed by atoms with Crippen LogP contribution in [-0.4, -0.2) is 42.2 Å². The van der Waals surface area contributed by atoms with Crippen molar-refractivity contribution in [2.45, 2.75) is 83.0 Å². The molecule has 2 aliphatic rings. The summed E-state index contributed by atoms with van der Waals surface area (Å²) in [7, 11) is 1.57. The summed E-state index contributed by atoms with van der Waals surface area (Å²) in [5, 5.41) is 12.2. The Balaban J connectivity index is 1.34. The van der Waals surface area contributed by atoms with Crippen LogP contribution in [0.2, 0.25) is 5.02 Å². The molecule has 1 heterocycles. The van der Waals surface area contributed by atoms with E-state index < -0.39 is 5.79 Å². The van der Waals surface area contributed by atoms with Crippen LogP contribution in [0.5, 0.6) is 0 Å². The average Bonchev–Trinajstić information content (AvgIpc) is 3.34. The molecule has 1 amide bonds. The first-order valence-electron chi connectivity index (χ1n) is 13.9. The molecule has 1 saturated heterocycles. The van der Waals surface area contributed by atoms with Crippen LogP contribution in [-0.2, 0) is 21.7 Å². The van der Waals surface area contributed by atoms with Gasteiger partial charge in [-0.15, -0.1) is 0 Å². The Kier molecular flexibility index (Phi) is 9.68. The molecule has 4 unspecified atom stereocenters. The second-order valence-corrected chi connectivity index (χ2v) is 11.6. The van der Waals surface area contributed by atoms with Gasteiger partial charge in [-0.05, 0) is 87.0 Å². The number of carbonyl (C=O) groups excluding carboxylic acids is 1. The number of aryl methyl sites for hydroxylation is 1. The molecule has 6 heteroatoms. The normalized spacial score (nSPS) is 23.7. The van der Waals surface area contributed by atoms with Gasteiger partial charge in [0.25, 0.3) is 0 Å². The minimum Gasteiger partial charge on any atom is -0.362 e. The number of hydrogen-bond acceptors (Lipinski definition) is 4. The van der Waals surface area contributed by atoms with E-state index in [1.807, 2.05) is 30.3 Å². The number of carbonyl (C=O) groups is 1. The van der Waals surface area contributed by atoms with E-state index in [1.54, 1.807) is 7.11 Å². The van der Waals surface area contributed by atoms with Crippen molar-refractivity contribution < 1.29 is 14.6 Å². The molecule has 2 aromatic carbocycles. The quantitative estimate of drug-likeness (QED) is 0.296. The van der Waals surface area contributed by atoms with Gasteiger partial charge in [-0.3, -0.25) is 4.79 Å². The molecule has 1 aliphatic heterocycles. The Labute approximate surface area is 227 Å². The summed E-state index contributed by atoms with van der Waals surface area (Å²) >= 11 is 6.65. The lowest BCUT2D eigenvalue weighted by molar-refractivity contribution is -0.200. The molecular weight excluding hydrogens is 484 g/mol. The summed E-state index contributed by atoms with van der Waals surface area (Å²) in [4.78, 5) is 15.1. The summed E-state index contributed by atoms with van der Waals surface area (Å²) in [6, 6.07) is 14.1. The third-order valence-electron chi connectivity index (χ3n) is 8.54. The smallest absolute Gasteiger partial charge is 0.225 e. The van der Waals surface area contributed by atoms with Crippen molar-refractivity contribution >= 4 is 17.5 Å². The van der Waals surface area contributed by atoms with Crippen molar-refractivity contribution in [2.24, 2.45) is 17.6 Å². The van der Waals surface area contributed by atoms with E-state index in [-0.39, 0.29) is 12.0 Å². The number of amides is 1. The third-order valence-corrected chi connectivity index (χ3v) is 8.89. The molecule has 0 aromatic heterocycles. The van der Waals surface area contributed by atoms with Crippen molar-refractivity contribution in [2.75, 3.05) is 20.2 Å². The highest BCUT2D eigenvalue weighted by Gasteiger charge is 2.34. The van der Waals surface area contributed by atoms with Gasteiger partial charge in [-0.25, -0.2) is 0 Å². The van der Waals surface area contributed by atoms with E-state index in [9.17, 15) is 9.90 Å². The average molecular weight is 527 g/mol. The lowest BCUT2D eigenvalue weighted by Crippen LogP contribution is -2.42. The van der Waals surface area contributed by atoms with Gasteiger partial charge in [0.15, 0.2) is 5.79 Å². The highest BCUT2D eigenvalue weighted by Crippen LogP contribution is 2.36. The molecule has 1 aliphatic carbocycles. The van der Waals surface area contributed by atoms with Crippen LogP contribution in [0.15, 0.2) is 42.5 Å². The number of ether oxygens (including phenoxy) is 1. The van der Waals surface area contributed by atoms with E-state index in [4.69, 9.17) is 22.1 Å². The Bertz CT molecular complexity index is 1060. The number of rotatable bonds is 10. The van der Waals surface area contributed by atoms with Crippen molar-refractivity contribution in [1.82, 2.24) is 4.90 Å².